The largest absolute Gasteiger partial charge is 0.352 e. The first-order chi connectivity index (χ1) is 15.7. The van der Waals surface area contributed by atoms with Gasteiger partial charge in [-0.2, -0.15) is 5.10 Å². The fourth-order valence-corrected chi connectivity index (χ4v) is 4.20. The summed E-state index contributed by atoms with van der Waals surface area (Å²) in [5.74, 6) is -0.0347. The highest BCUT2D eigenvalue weighted by atomic mass is 19.1. The van der Waals surface area contributed by atoms with E-state index < -0.39 is 0 Å². The van der Waals surface area contributed by atoms with Crippen LogP contribution in [-0.4, -0.2) is 15.7 Å². The molecule has 1 amide bonds. The van der Waals surface area contributed by atoms with Gasteiger partial charge in [-0.1, -0.05) is 60.7 Å². The molecule has 1 N–H and O–H groups in total. The summed E-state index contributed by atoms with van der Waals surface area (Å²) in [6, 6.07) is 25.0. The van der Waals surface area contributed by atoms with Crippen LogP contribution >= 0.6 is 0 Å². The van der Waals surface area contributed by atoms with Crippen LogP contribution in [0.3, 0.4) is 0 Å². The molecule has 1 aromatic heterocycles. The van der Waals surface area contributed by atoms with Gasteiger partial charge in [0.25, 0.3) is 0 Å². The number of halogens is 1. The number of hydrogen-bond donors (Lipinski definition) is 1. The zero-order valence-electron chi connectivity index (χ0n) is 17.6. The quantitative estimate of drug-likeness (QED) is 0.445. The Labute approximate surface area is 186 Å². The Balaban J connectivity index is 1.23. The standard InChI is InChI=1S/C27H24FN3O/c28-23-12-10-21(11-13-23)25-16-26(25)27(32)29-17-22-4-1-2-5-24(22)20-8-6-19(7-9-20)18-31-15-3-14-30-31/h1-15,25-26H,16-18H2,(H,29,32). The van der Waals surface area contributed by atoms with Crippen molar-refractivity contribution < 1.29 is 9.18 Å². The van der Waals surface area contributed by atoms with Gasteiger partial charge in [0.1, 0.15) is 5.82 Å². The van der Waals surface area contributed by atoms with Crippen LogP contribution in [0, 0.1) is 11.7 Å². The molecule has 0 bridgehead atoms. The maximum absolute atomic E-state index is 13.1. The van der Waals surface area contributed by atoms with E-state index in [1.54, 1.807) is 18.3 Å². The third-order valence-corrected chi connectivity index (χ3v) is 6.06. The lowest BCUT2D eigenvalue weighted by atomic mass is 9.98. The lowest BCUT2D eigenvalue weighted by molar-refractivity contribution is -0.122. The first-order valence-corrected chi connectivity index (χ1v) is 10.9. The molecule has 1 heterocycles. The summed E-state index contributed by atoms with van der Waals surface area (Å²) < 4.78 is 15.0. The maximum Gasteiger partial charge on any atom is 0.224 e. The molecule has 32 heavy (non-hydrogen) atoms. The van der Waals surface area contributed by atoms with Crippen molar-refractivity contribution in [3.05, 3.63) is 114 Å². The minimum absolute atomic E-state index is 0.0331. The van der Waals surface area contributed by atoms with Crippen molar-refractivity contribution >= 4 is 5.91 Å². The van der Waals surface area contributed by atoms with Crippen LogP contribution in [0.1, 0.15) is 29.0 Å². The number of benzene rings is 3. The normalized spacial score (nSPS) is 17.2. The highest BCUT2D eigenvalue weighted by Crippen LogP contribution is 2.47. The fourth-order valence-electron chi connectivity index (χ4n) is 4.20. The third kappa shape index (κ3) is 4.47. The first-order valence-electron chi connectivity index (χ1n) is 10.9. The van der Waals surface area contributed by atoms with Crippen molar-refractivity contribution in [1.29, 1.82) is 0 Å². The molecule has 1 saturated carbocycles. The lowest BCUT2D eigenvalue weighted by Crippen LogP contribution is -2.25. The van der Waals surface area contributed by atoms with Crippen LogP contribution in [0.5, 0.6) is 0 Å². The second-order valence-corrected chi connectivity index (χ2v) is 8.28. The molecule has 1 aliphatic rings. The van der Waals surface area contributed by atoms with Gasteiger partial charge in [0.05, 0.1) is 6.54 Å². The number of carbonyl (C=O) groups is 1. The number of aromatic nitrogens is 2. The molecular formula is C27H24FN3O. The molecule has 5 heteroatoms. The van der Waals surface area contributed by atoms with Gasteiger partial charge in [-0.25, -0.2) is 4.39 Å². The van der Waals surface area contributed by atoms with Gasteiger partial charge in [0.2, 0.25) is 5.91 Å². The Morgan fingerprint density at radius 1 is 1.00 bits per heavy atom. The summed E-state index contributed by atoms with van der Waals surface area (Å²) >= 11 is 0. The number of nitrogens with zero attached hydrogens (tertiary/aromatic N) is 2. The van der Waals surface area contributed by atoms with E-state index in [9.17, 15) is 9.18 Å². The zero-order valence-corrected chi connectivity index (χ0v) is 17.6. The molecule has 2 unspecified atom stereocenters. The maximum atomic E-state index is 13.1. The van der Waals surface area contributed by atoms with Crippen molar-refractivity contribution in [3.63, 3.8) is 0 Å². The van der Waals surface area contributed by atoms with Crippen molar-refractivity contribution in [2.75, 3.05) is 0 Å². The number of rotatable bonds is 7. The third-order valence-electron chi connectivity index (χ3n) is 6.06. The van der Waals surface area contributed by atoms with E-state index in [1.165, 1.54) is 17.7 Å². The summed E-state index contributed by atoms with van der Waals surface area (Å²) in [7, 11) is 0. The number of carbonyl (C=O) groups excluding carboxylic acids is 1. The van der Waals surface area contributed by atoms with Gasteiger partial charge in [-0.15, -0.1) is 0 Å². The molecule has 0 saturated heterocycles. The molecule has 5 rings (SSSR count). The smallest absolute Gasteiger partial charge is 0.224 e. The molecule has 0 aliphatic heterocycles. The highest BCUT2D eigenvalue weighted by Gasteiger charge is 2.43. The van der Waals surface area contributed by atoms with E-state index in [0.717, 1.165) is 35.2 Å². The van der Waals surface area contributed by atoms with Crippen LogP contribution in [0.15, 0.2) is 91.3 Å². The second-order valence-electron chi connectivity index (χ2n) is 8.28. The molecule has 0 spiro atoms. The van der Waals surface area contributed by atoms with Crippen molar-refractivity contribution in [2.45, 2.75) is 25.4 Å². The van der Waals surface area contributed by atoms with Crippen molar-refractivity contribution in [3.8, 4) is 11.1 Å². The summed E-state index contributed by atoms with van der Waals surface area (Å²) in [6.45, 7) is 1.22. The summed E-state index contributed by atoms with van der Waals surface area (Å²) in [5.41, 5.74) is 5.53. The van der Waals surface area contributed by atoms with Crippen LogP contribution in [0.2, 0.25) is 0 Å². The average molecular weight is 426 g/mol. The fraction of sp³-hybridized carbons (Fsp3) is 0.185. The molecule has 160 valence electrons. The van der Waals surface area contributed by atoms with E-state index in [4.69, 9.17) is 0 Å². The highest BCUT2D eigenvalue weighted by molar-refractivity contribution is 5.83. The molecule has 3 aromatic carbocycles. The summed E-state index contributed by atoms with van der Waals surface area (Å²) in [5, 5.41) is 7.35. The SMILES string of the molecule is O=C(NCc1ccccc1-c1ccc(Cn2cccn2)cc1)C1CC1c1ccc(F)cc1. The minimum Gasteiger partial charge on any atom is -0.352 e. The topological polar surface area (TPSA) is 46.9 Å². The van der Waals surface area contributed by atoms with Gasteiger partial charge in [0, 0.05) is 24.9 Å². The predicted octanol–water partition coefficient (Wildman–Crippen LogP) is 5.16. The first kappa shape index (κ1) is 20.2. The minimum atomic E-state index is -0.249. The number of nitrogens with one attached hydrogen (secondary N) is 1. The van der Waals surface area contributed by atoms with Crippen molar-refractivity contribution in [1.82, 2.24) is 15.1 Å². The van der Waals surface area contributed by atoms with E-state index >= 15 is 0 Å². The molecular weight excluding hydrogens is 401 g/mol. The second kappa shape index (κ2) is 8.79. The van der Waals surface area contributed by atoms with E-state index in [0.29, 0.717) is 6.54 Å². The Bertz CT molecular complexity index is 1200. The Kier molecular flexibility index (Phi) is 5.55. The number of hydrogen-bond acceptors (Lipinski definition) is 2. The zero-order chi connectivity index (χ0) is 21.9. The van der Waals surface area contributed by atoms with Gasteiger partial charge >= 0.3 is 0 Å². The van der Waals surface area contributed by atoms with Crippen LogP contribution in [0.4, 0.5) is 4.39 Å². The Morgan fingerprint density at radius 2 is 1.78 bits per heavy atom. The van der Waals surface area contributed by atoms with E-state index in [-0.39, 0.29) is 23.6 Å². The summed E-state index contributed by atoms with van der Waals surface area (Å²) in [4.78, 5) is 12.7. The number of amides is 1. The molecule has 0 radical (unpaired) electrons. The van der Waals surface area contributed by atoms with Gasteiger partial charge < -0.3 is 5.32 Å². The van der Waals surface area contributed by atoms with Crippen LogP contribution in [0.25, 0.3) is 11.1 Å². The van der Waals surface area contributed by atoms with Gasteiger partial charge in [-0.3, -0.25) is 9.48 Å². The Morgan fingerprint density at radius 3 is 2.53 bits per heavy atom. The molecule has 4 aromatic rings. The van der Waals surface area contributed by atoms with Gasteiger partial charge in [-0.05, 0) is 58.4 Å². The van der Waals surface area contributed by atoms with E-state index in [1.807, 2.05) is 29.1 Å². The lowest BCUT2D eigenvalue weighted by Gasteiger charge is -2.12. The molecule has 1 aliphatic carbocycles. The molecule has 1 fully saturated rings. The monoisotopic (exact) mass is 425 g/mol. The molecule has 4 nitrogen and oxygen atoms in total. The van der Waals surface area contributed by atoms with E-state index in [2.05, 4.69) is 46.8 Å². The molecule has 2 atom stereocenters. The van der Waals surface area contributed by atoms with Crippen molar-refractivity contribution in [2.24, 2.45) is 5.92 Å². The predicted molar refractivity (Wildman–Crippen MR) is 122 cm³/mol. The van der Waals surface area contributed by atoms with Gasteiger partial charge in [0.15, 0.2) is 0 Å². The van der Waals surface area contributed by atoms with Crippen LogP contribution < -0.4 is 5.32 Å². The van der Waals surface area contributed by atoms with Crippen LogP contribution in [-0.2, 0) is 17.9 Å². The average Bonchev–Trinajstić information content (AvgIpc) is 3.46. The summed E-state index contributed by atoms with van der Waals surface area (Å²) in [6.07, 6.45) is 4.55. The Hall–Kier alpha value is -3.73.